The summed E-state index contributed by atoms with van der Waals surface area (Å²) in [6.45, 7) is 6.25. The zero-order chi connectivity index (χ0) is 24.0. The van der Waals surface area contributed by atoms with Crippen LogP contribution in [0.1, 0.15) is 63.5 Å². The number of ether oxygens (including phenoxy) is 2. The smallest absolute Gasteiger partial charge is 0.306 e. The lowest BCUT2D eigenvalue weighted by atomic mass is 9.55. The first kappa shape index (κ1) is 23.4. The molecule has 1 saturated heterocycles. The zero-order valence-corrected chi connectivity index (χ0v) is 21.3. The highest BCUT2D eigenvalue weighted by atomic mass is 32.2. The lowest BCUT2D eigenvalue weighted by Gasteiger charge is -2.50. The van der Waals surface area contributed by atoms with Crippen LogP contribution in [0.25, 0.3) is 0 Å². The molecule has 2 saturated carbocycles. The maximum absolute atomic E-state index is 12.1. The van der Waals surface area contributed by atoms with Crippen molar-refractivity contribution in [3.63, 3.8) is 0 Å². The molecule has 0 radical (unpaired) electrons. The van der Waals surface area contributed by atoms with Crippen molar-refractivity contribution in [2.75, 3.05) is 12.5 Å². The average Bonchev–Trinajstić information content (AvgIpc) is 3.08. The van der Waals surface area contributed by atoms with Gasteiger partial charge in [0.2, 0.25) is 0 Å². The number of fused-ring (bicyclic) bond motifs is 7. The molecule has 3 aliphatic carbocycles. The maximum atomic E-state index is 12.1. The number of aryl methyl sites for hydroxylation is 1. The summed E-state index contributed by atoms with van der Waals surface area (Å²) in [4.78, 5) is 0. The normalized spacial score (nSPS) is 36.9. The number of rotatable bonds is 4. The van der Waals surface area contributed by atoms with E-state index in [0.29, 0.717) is 18.3 Å². The topological polar surface area (TPSA) is 105 Å². The van der Waals surface area contributed by atoms with Crippen molar-refractivity contribution in [2.24, 2.45) is 17.3 Å². The van der Waals surface area contributed by atoms with E-state index in [0.717, 1.165) is 49.3 Å². The highest BCUT2D eigenvalue weighted by molar-refractivity contribution is 7.86. The molecular weight excluding hydrogens is 468 g/mol. The van der Waals surface area contributed by atoms with Gasteiger partial charge in [0, 0.05) is 11.6 Å². The van der Waals surface area contributed by atoms with Crippen LogP contribution in [-0.4, -0.2) is 47.3 Å². The van der Waals surface area contributed by atoms with E-state index in [1.807, 2.05) is 13.8 Å². The second-order valence-corrected chi connectivity index (χ2v) is 14.0. The van der Waals surface area contributed by atoms with Gasteiger partial charge in [-0.2, -0.15) is 16.8 Å². The molecule has 6 atom stereocenters. The molecule has 0 unspecified atom stereocenters. The Bertz CT molecular complexity index is 1190. The molecule has 8 nitrogen and oxygen atoms in total. The number of hydrogen-bond donors (Lipinski definition) is 0. The van der Waals surface area contributed by atoms with E-state index in [1.165, 1.54) is 6.07 Å². The van der Waals surface area contributed by atoms with Gasteiger partial charge in [-0.1, -0.05) is 6.92 Å². The van der Waals surface area contributed by atoms with Gasteiger partial charge < -0.3 is 17.8 Å². The third kappa shape index (κ3) is 4.17. The Morgan fingerprint density at radius 3 is 2.33 bits per heavy atom. The SMILES string of the molecule is CC1(C)O[C@H]2C[C@H]3[C@H]4CCc5cc(OS(C)(=O)=O)cc(OS(C)(=O)=O)c5[C@H]4CC[C@]3(C)[C@H]2O1. The van der Waals surface area contributed by atoms with Crippen LogP contribution in [0.3, 0.4) is 0 Å². The standard InChI is InChI=1S/C23H32O8S2/c1-22(2)28-19-12-17-15-7-6-13-10-14(30-32(4,24)25)11-18(31-33(5,26)27)20(13)16(15)8-9-23(17,3)21(19)29-22/h10-11,15-17,19,21H,6-9,12H2,1-5H3/t15-,16-,17-,19-,21-,23-/m0/s1. The Kier molecular flexibility index (Phi) is 5.19. The molecule has 1 aliphatic heterocycles. The molecule has 0 bridgehead atoms. The van der Waals surface area contributed by atoms with Gasteiger partial charge >= 0.3 is 20.2 Å². The molecule has 0 spiro atoms. The summed E-state index contributed by atoms with van der Waals surface area (Å²) in [5.74, 6) is 0.565. The molecule has 5 rings (SSSR count). The van der Waals surface area contributed by atoms with Gasteiger partial charge in [0.1, 0.15) is 11.5 Å². The van der Waals surface area contributed by atoms with Gasteiger partial charge in [0.25, 0.3) is 0 Å². The molecule has 3 fully saturated rings. The Labute approximate surface area is 196 Å². The van der Waals surface area contributed by atoms with Gasteiger partial charge in [-0.15, -0.1) is 0 Å². The van der Waals surface area contributed by atoms with Crippen LogP contribution in [0.15, 0.2) is 12.1 Å². The fraction of sp³-hybridized carbons (Fsp3) is 0.739. The maximum Gasteiger partial charge on any atom is 0.306 e. The zero-order valence-electron chi connectivity index (χ0n) is 19.7. The molecule has 1 heterocycles. The molecule has 33 heavy (non-hydrogen) atoms. The third-order valence-electron chi connectivity index (χ3n) is 8.00. The van der Waals surface area contributed by atoms with Gasteiger partial charge in [0.05, 0.1) is 24.7 Å². The second-order valence-electron chi connectivity index (χ2n) is 10.9. The summed E-state index contributed by atoms with van der Waals surface area (Å²) in [6.07, 6.45) is 6.49. The fourth-order valence-electron chi connectivity index (χ4n) is 7.07. The first-order chi connectivity index (χ1) is 15.2. The number of hydrogen-bond acceptors (Lipinski definition) is 8. The molecule has 0 N–H and O–H groups in total. The van der Waals surface area contributed by atoms with Crippen LogP contribution < -0.4 is 8.37 Å². The molecule has 1 aromatic carbocycles. The summed E-state index contributed by atoms with van der Waals surface area (Å²) in [7, 11) is -7.57. The van der Waals surface area contributed by atoms with E-state index in [9.17, 15) is 16.8 Å². The molecular formula is C23H32O8S2. The largest absolute Gasteiger partial charge is 0.382 e. The van der Waals surface area contributed by atoms with E-state index in [1.54, 1.807) is 6.07 Å². The lowest BCUT2D eigenvalue weighted by molar-refractivity contribution is -0.178. The van der Waals surface area contributed by atoms with Crippen molar-refractivity contribution in [1.29, 1.82) is 0 Å². The van der Waals surface area contributed by atoms with E-state index >= 15 is 0 Å². The molecule has 0 aromatic heterocycles. The quantitative estimate of drug-likeness (QED) is 0.580. The Morgan fingerprint density at radius 2 is 1.67 bits per heavy atom. The summed E-state index contributed by atoms with van der Waals surface area (Å²) in [5, 5.41) is 0. The van der Waals surface area contributed by atoms with Crippen molar-refractivity contribution >= 4 is 20.2 Å². The summed E-state index contributed by atoms with van der Waals surface area (Å²) in [5.41, 5.74) is 1.78. The second kappa shape index (κ2) is 7.32. The minimum atomic E-state index is -3.81. The summed E-state index contributed by atoms with van der Waals surface area (Å²) in [6, 6.07) is 3.11. The lowest BCUT2D eigenvalue weighted by Crippen LogP contribution is -2.45. The third-order valence-corrected chi connectivity index (χ3v) is 8.98. The van der Waals surface area contributed by atoms with Crippen molar-refractivity contribution in [3.8, 4) is 11.5 Å². The van der Waals surface area contributed by atoms with E-state index in [-0.39, 0.29) is 35.0 Å². The van der Waals surface area contributed by atoms with Crippen LogP contribution in [0.4, 0.5) is 0 Å². The van der Waals surface area contributed by atoms with Crippen LogP contribution in [0.2, 0.25) is 0 Å². The first-order valence-electron chi connectivity index (χ1n) is 11.5. The van der Waals surface area contributed by atoms with Crippen LogP contribution >= 0.6 is 0 Å². The average molecular weight is 501 g/mol. The molecule has 1 aromatic rings. The number of benzene rings is 1. The van der Waals surface area contributed by atoms with Gasteiger partial charge in [-0.3, -0.25) is 0 Å². The summed E-state index contributed by atoms with van der Waals surface area (Å²) >= 11 is 0. The molecule has 4 aliphatic rings. The first-order valence-corrected chi connectivity index (χ1v) is 15.1. The van der Waals surface area contributed by atoms with Crippen molar-refractivity contribution in [2.45, 2.75) is 76.8 Å². The predicted octanol–water partition coefficient (Wildman–Crippen LogP) is 3.35. The van der Waals surface area contributed by atoms with E-state index in [4.69, 9.17) is 17.8 Å². The molecule has 10 heteroatoms. The minimum absolute atomic E-state index is 0.00823. The molecule has 184 valence electrons. The highest BCUT2D eigenvalue weighted by Gasteiger charge is 2.63. The van der Waals surface area contributed by atoms with E-state index in [2.05, 4.69) is 6.92 Å². The van der Waals surface area contributed by atoms with E-state index < -0.39 is 26.0 Å². The van der Waals surface area contributed by atoms with Crippen molar-refractivity contribution in [3.05, 3.63) is 23.3 Å². The van der Waals surface area contributed by atoms with Gasteiger partial charge in [-0.05, 0) is 80.8 Å². The monoisotopic (exact) mass is 500 g/mol. The van der Waals surface area contributed by atoms with Crippen molar-refractivity contribution in [1.82, 2.24) is 0 Å². The fourth-order valence-corrected chi connectivity index (χ4v) is 7.98. The van der Waals surface area contributed by atoms with Crippen LogP contribution in [0, 0.1) is 17.3 Å². The predicted molar refractivity (Wildman–Crippen MR) is 121 cm³/mol. The Balaban J connectivity index is 1.53. The van der Waals surface area contributed by atoms with Crippen LogP contribution in [0.5, 0.6) is 11.5 Å². The van der Waals surface area contributed by atoms with Gasteiger partial charge in [-0.25, -0.2) is 0 Å². The van der Waals surface area contributed by atoms with Crippen LogP contribution in [-0.2, 0) is 36.1 Å². The Hall–Kier alpha value is -1.36. The summed E-state index contributed by atoms with van der Waals surface area (Å²) < 4.78 is 70.5. The Morgan fingerprint density at radius 1 is 0.970 bits per heavy atom. The molecule has 0 amide bonds. The van der Waals surface area contributed by atoms with Gasteiger partial charge in [0.15, 0.2) is 5.79 Å². The minimum Gasteiger partial charge on any atom is -0.382 e. The van der Waals surface area contributed by atoms with Crippen molar-refractivity contribution < 1.29 is 34.7 Å². The highest BCUT2D eigenvalue weighted by Crippen LogP contribution is 2.65.